The number of halogens is 1. The first-order chi connectivity index (χ1) is 9.74. The summed E-state index contributed by atoms with van der Waals surface area (Å²) < 4.78 is 14.0. The van der Waals surface area contributed by atoms with Gasteiger partial charge in [-0.2, -0.15) is 5.26 Å². The predicted octanol–water partition coefficient (Wildman–Crippen LogP) is 5.55. The summed E-state index contributed by atoms with van der Waals surface area (Å²) in [6.07, 6.45) is 9.96. The van der Waals surface area contributed by atoms with E-state index in [4.69, 9.17) is 5.26 Å². The van der Waals surface area contributed by atoms with Gasteiger partial charge in [0.15, 0.2) is 0 Å². The van der Waals surface area contributed by atoms with Gasteiger partial charge in [-0.25, -0.2) is 4.39 Å². The monoisotopic (exact) mass is 273 g/mol. The zero-order valence-corrected chi connectivity index (χ0v) is 12.4. The Balaban J connectivity index is 1.89. The molecule has 0 atom stereocenters. The van der Waals surface area contributed by atoms with Crippen LogP contribution in [0.3, 0.4) is 0 Å². The molecule has 1 aliphatic carbocycles. The smallest absolute Gasteiger partial charge is 0.127 e. The van der Waals surface area contributed by atoms with Gasteiger partial charge >= 0.3 is 0 Å². The summed E-state index contributed by atoms with van der Waals surface area (Å²) in [4.78, 5) is 0. The number of nitriles is 1. The molecule has 1 aromatic carbocycles. The Hall–Kier alpha value is -1.36. The summed E-state index contributed by atoms with van der Waals surface area (Å²) in [5, 5.41) is 8.78. The molecule has 1 fully saturated rings. The summed E-state index contributed by atoms with van der Waals surface area (Å²) in [7, 11) is 0. The van der Waals surface area contributed by atoms with E-state index in [2.05, 4.69) is 6.92 Å². The molecular weight excluding hydrogens is 249 g/mol. The number of nitrogens with zero attached hydrogens (tertiary/aromatic N) is 1. The van der Waals surface area contributed by atoms with E-state index in [9.17, 15) is 4.39 Å². The maximum Gasteiger partial charge on any atom is 0.127 e. The molecule has 0 unspecified atom stereocenters. The van der Waals surface area contributed by atoms with Crippen LogP contribution in [-0.4, -0.2) is 0 Å². The molecule has 1 saturated carbocycles. The van der Waals surface area contributed by atoms with Gasteiger partial charge in [-0.05, 0) is 55.2 Å². The van der Waals surface area contributed by atoms with E-state index >= 15 is 0 Å². The summed E-state index contributed by atoms with van der Waals surface area (Å²) in [6.45, 7) is 2.24. The van der Waals surface area contributed by atoms with Gasteiger partial charge in [0.25, 0.3) is 0 Å². The molecular formula is C18H24FN. The van der Waals surface area contributed by atoms with Crippen molar-refractivity contribution in [3.63, 3.8) is 0 Å². The lowest BCUT2D eigenvalue weighted by molar-refractivity contribution is 0.299. The fraction of sp³-hybridized carbons (Fsp3) is 0.611. The average Bonchev–Trinajstić information content (AvgIpc) is 2.48. The van der Waals surface area contributed by atoms with E-state index < -0.39 is 0 Å². The van der Waals surface area contributed by atoms with Crippen LogP contribution in [0.2, 0.25) is 0 Å². The van der Waals surface area contributed by atoms with Crippen molar-refractivity contribution in [2.24, 2.45) is 5.92 Å². The van der Waals surface area contributed by atoms with Gasteiger partial charge in [0.2, 0.25) is 0 Å². The lowest BCUT2D eigenvalue weighted by atomic mass is 9.77. The molecule has 1 aromatic rings. The van der Waals surface area contributed by atoms with E-state index in [1.165, 1.54) is 44.6 Å². The topological polar surface area (TPSA) is 23.8 Å². The maximum atomic E-state index is 14.0. The molecule has 0 N–H and O–H groups in total. The van der Waals surface area contributed by atoms with E-state index in [1.807, 2.05) is 12.1 Å². The molecule has 0 saturated heterocycles. The van der Waals surface area contributed by atoms with Crippen molar-refractivity contribution in [1.82, 2.24) is 0 Å². The van der Waals surface area contributed by atoms with Crippen LogP contribution in [0.1, 0.15) is 75.3 Å². The lowest BCUT2D eigenvalue weighted by Crippen LogP contribution is -2.14. The van der Waals surface area contributed by atoms with Gasteiger partial charge < -0.3 is 0 Å². The molecule has 0 bridgehead atoms. The Labute approximate surface area is 121 Å². The van der Waals surface area contributed by atoms with E-state index in [0.717, 1.165) is 24.3 Å². The van der Waals surface area contributed by atoms with Crippen molar-refractivity contribution < 1.29 is 4.39 Å². The van der Waals surface area contributed by atoms with Crippen LogP contribution in [0.25, 0.3) is 0 Å². The Morgan fingerprint density at radius 1 is 1.20 bits per heavy atom. The SMILES string of the molecule is CCCCCC1CCC(c2ccc(C#N)cc2F)CC1. The van der Waals surface area contributed by atoms with Gasteiger partial charge in [0.05, 0.1) is 11.6 Å². The Bertz CT molecular complexity index is 467. The van der Waals surface area contributed by atoms with Crippen LogP contribution in [0.15, 0.2) is 18.2 Å². The second kappa shape index (κ2) is 7.43. The van der Waals surface area contributed by atoms with Crippen molar-refractivity contribution in [2.75, 3.05) is 0 Å². The zero-order valence-electron chi connectivity index (χ0n) is 12.4. The quantitative estimate of drug-likeness (QED) is 0.645. The third-order valence-corrected chi connectivity index (χ3v) is 4.63. The third-order valence-electron chi connectivity index (χ3n) is 4.63. The van der Waals surface area contributed by atoms with Crippen molar-refractivity contribution >= 4 is 0 Å². The van der Waals surface area contributed by atoms with Crippen molar-refractivity contribution in [1.29, 1.82) is 5.26 Å². The first kappa shape index (κ1) is 15.0. The van der Waals surface area contributed by atoms with Crippen LogP contribution in [-0.2, 0) is 0 Å². The molecule has 0 aliphatic heterocycles. The molecule has 2 heteroatoms. The minimum Gasteiger partial charge on any atom is -0.207 e. The van der Waals surface area contributed by atoms with Crippen LogP contribution in [0.4, 0.5) is 4.39 Å². The molecule has 0 aromatic heterocycles. The van der Waals surface area contributed by atoms with Crippen molar-refractivity contribution in [2.45, 2.75) is 64.2 Å². The van der Waals surface area contributed by atoms with Gasteiger partial charge in [-0.15, -0.1) is 0 Å². The van der Waals surface area contributed by atoms with Crippen LogP contribution >= 0.6 is 0 Å². The fourth-order valence-electron chi connectivity index (χ4n) is 3.37. The molecule has 20 heavy (non-hydrogen) atoms. The average molecular weight is 273 g/mol. The van der Waals surface area contributed by atoms with Gasteiger partial charge in [0.1, 0.15) is 5.82 Å². The summed E-state index contributed by atoms with van der Waals surface area (Å²) in [6, 6.07) is 6.93. The fourth-order valence-corrected chi connectivity index (χ4v) is 3.37. The highest BCUT2D eigenvalue weighted by Gasteiger charge is 2.24. The highest BCUT2D eigenvalue weighted by atomic mass is 19.1. The van der Waals surface area contributed by atoms with Gasteiger partial charge in [-0.1, -0.05) is 38.7 Å². The molecule has 0 spiro atoms. The highest BCUT2D eigenvalue weighted by Crippen LogP contribution is 2.38. The lowest BCUT2D eigenvalue weighted by Gasteiger charge is -2.29. The molecule has 0 radical (unpaired) electrons. The van der Waals surface area contributed by atoms with E-state index in [0.29, 0.717) is 11.5 Å². The van der Waals surface area contributed by atoms with Gasteiger partial charge in [0, 0.05) is 0 Å². The normalized spacial score (nSPS) is 22.4. The van der Waals surface area contributed by atoms with Crippen LogP contribution < -0.4 is 0 Å². The number of rotatable bonds is 5. The van der Waals surface area contributed by atoms with Crippen molar-refractivity contribution in [3.05, 3.63) is 35.1 Å². The Morgan fingerprint density at radius 3 is 2.55 bits per heavy atom. The Morgan fingerprint density at radius 2 is 1.95 bits per heavy atom. The minimum absolute atomic E-state index is 0.196. The largest absolute Gasteiger partial charge is 0.207 e. The summed E-state index contributed by atoms with van der Waals surface area (Å²) in [5.74, 6) is 1.00. The third kappa shape index (κ3) is 3.82. The molecule has 0 heterocycles. The molecule has 0 amide bonds. The Kier molecular flexibility index (Phi) is 5.59. The number of unbranched alkanes of at least 4 members (excludes halogenated alkanes) is 2. The second-order valence-corrected chi connectivity index (χ2v) is 6.06. The predicted molar refractivity (Wildman–Crippen MR) is 80.0 cm³/mol. The molecule has 1 nitrogen and oxygen atoms in total. The standard InChI is InChI=1S/C18H24FN/c1-2-3-4-5-14-6-9-16(10-7-14)17-11-8-15(13-20)12-18(17)19/h8,11-12,14,16H,2-7,9-10H2,1H3. The minimum atomic E-state index is -0.196. The number of benzene rings is 1. The first-order valence-corrected chi connectivity index (χ1v) is 7.94. The second-order valence-electron chi connectivity index (χ2n) is 6.06. The maximum absolute atomic E-state index is 14.0. The van der Waals surface area contributed by atoms with Gasteiger partial charge in [-0.3, -0.25) is 0 Å². The molecule has 2 rings (SSSR count). The first-order valence-electron chi connectivity index (χ1n) is 7.94. The summed E-state index contributed by atoms with van der Waals surface area (Å²) in [5.41, 5.74) is 1.23. The highest BCUT2D eigenvalue weighted by molar-refractivity contribution is 5.34. The van der Waals surface area contributed by atoms with Crippen LogP contribution in [0.5, 0.6) is 0 Å². The van der Waals surface area contributed by atoms with E-state index in [1.54, 1.807) is 6.07 Å². The number of hydrogen-bond acceptors (Lipinski definition) is 1. The molecule has 1 aliphatic rings. The van der Waals surface area contributed by atoms with Crippen LogP contribution in [0, 0.1) is 23.1 Å². The number of hydrogen-bond donors (Lipinski definition) is 0. The van der Waals surface area contributed by atoms with E-state index in [-0.39, 0.29) is 5.82 Å². The molecule has 108 valence electrons. The zero-order chi connectivity index (χ0) is 14.4. The van der Waals surface area contributed by atoms with Crippen molar-refractivity contribution in [3.8, 4) is 6.07 Å². The summed E-state index contributed by atoms with van der Waals surface area (Å²) >= 11 is 0.